The fraction of sp³-hybridized carbons (Fsp3) is 0.520. The molecule has 1 saturated heterocycles. The Labute approximate surface area is 187 Å². The molecule has 32 heavy (non-hydrogen) atoms. The fourth-order valence-electron chi connectivity index (χ4n) is 5.37. The van der Waals surface area contributed by atoms with Gasteiger partial charge in [-0.25, -0.2) is 9.67 Å². The van der Waals surface area contributed by atoms with Gasteiger partial charge >= 0.3 is 0 Å². The molecule has 1 N–H and O–H groups in total. The molecule has 0 bridgehead atoms. The lowest BCUT2D eigenvalue weighted by atomic mass is 9.95. The SMILES string of the molecule is Cc1ccccc1C(=O)N1CCCC(c2nc3c(c(C)nn3C3CCCCC3)c(=O)[nH]2)C1. The van der Waals surface area contributed by atoms with Crippen LogP contribution >= 0.6 is 0 Å². The highest BCUT2D eigenvalue weighted by molar-refractivity contribution is 5.95. The van der Waals surface area contributed by atoms with Gasteiger partial charge in [0, 0.05) is 24.6 Å². The predicted molar refractivity (Wildman–Crippen MR) is 124 cm³/mol. The molecule has 7 heteroatoms. The summed E-state index contributed by atoms with van der Waals surface area (Å²) in [6.45, 7) is 5.16. The highest BCUT2D eigenvalue weighted by Gasteiger charge is 2.29. The van der Waals surface area contributed by atoms with E-state index in [0.29, 0.717) is 29.4 Å². The molecule has 2 aliphatic rings. The van der Waals surface area contributed by atoms with E-state index in [2.05, 4.69) is 4.98 Å². The van der Waals surface area contributed by atoms with Gasteiger partial charge in [-0.05, 0) is 51.2 Å². The van der Waals surface area contributed by atoms with E-state index in [1.54, 1.807) is 0 Å². The van der Waals surface area contributed by atoms with Crippen LogP contribution in [-0.2, 0) is 0 Å². The number of carbonyl (C=O) groups is 1. The highest BCUT2D eigenvalue weighted by atomic mass is 16.2. The van der Waals surface area contributed by atoms with Crippen molar-refractivity contribution in [2.45, 2.75) is 70.8 Å². The molecule has 168 valence electrons. The molecule has 0 radical (unpaired) electrons. The number of nitrogens with one attached hydrogen (secondary N) is 1. The van der Waals surface area contributed by atoms with Crippen molar-refractivity contribution in [2.75, 3.05) is 13.1 Å². The van der Waals surface area contributed by atoms with E-state index in [1.807, 2.05) is 47.7 Å². The number of piperidine rings is 1. The molecule has 0 spiro atoms. The normalized spacial score (nSPS) is 20.1. The van der Waals surface area contributed by atoms with Crippen LogP contribution in [0.2, 0.25) is 0 Å². The lowest BCUT2D eigenvalue weighted by Crippen LogP contribution is -2.40. The number of likely N-dealkylation sites (tertiary alicyclic amines) is 1. The third-order valence-corrected chi connectivity index (χ3v) is 7.15. The molecule has 7 nitrogen and oxygen atoms in total. The minimum Gasteiger partial charge on any atom is -0.338 e. The van der Waals surface area contributed by atoms with E-state index in [4.69, 9.17) is 10.1 Å². The van der Waals surface area contributed by atoms with Crippen LogP contribution in [0.15, 0.2) is 29.1 Å². The van der Waals surface area contributed by atoms with Gasteiger partial charge in [0.25, 0.3) is 11.5 Å². The van der Waals surface area contributed by atoms with E-state index in [1.165, 1.54) is 19.3 Å². The molecule has 2 aromatic heterocycles. The summed E-state index contributed by atoms with van der Waals surface area (Å²) in [5, 5.41) is 5.32. The summed E-state index contributed by atoms with van der Waals surface area (Å²) in [5.41, 5.74) is 3.06. The Kier molecular flexibility index (Phi) is 5.57. The van der Waals surface area contributed by atoms with Gasteiger partial charge in [0.05, 0.1) is 11.7 Å². The molecule has 3 heterocycles. The topological polar surface area (TPSA) is 83.9 Å². The van der Waals surface area contributed by atoms with Crippen LogP contribution < -0.4 is 5.56 Å². The number of hydrogen-bond acceptors (Lipinski definition) is 4. The summed E-state index contributed by atoms with van der Waals surface area (Å²) >= 11 is 0. The van der Waals surface area contributed by atoms with Crippen molar-refractivity contribution >= 4 is 16.9 Å². The number of amides is 1. The van der Waals surface area contributed by atoms with Gasteiger partial charge in [0.2, 0.25) is 0 Å². The van der Waals surface area contributed by atoms with Crippen molar-refractivity contribution < 1.29 is 4.79 Å². The molecule has 1 saturated carbocycles. The Morgan fingerprint density at radius 1 is 1.06 bits per heavy atom. The number of rotatable bonds is 3. The van der Waals surface area contributed by atoms with Gasteiger partial charge in [0.1, 0.15) is 11.2 Å². The molecule has 3 aromatic rings. The molecule has 1 aliphatic heterocycles. The van der Waals surface area contributed by atoms with Gasteiger partial charge in [-0.15, -0.1) is 0 Å². The van der Waals surface area contributed by atoms with Gasteiger partial charge in [-0.2, -0.15) is 5.10 Å². The van der Waals surface area contributed by atoms with Crippen LogP contribution in [-0.4, -0.2) is 43.6 Å². The van der Waals surface area contributed by atoms with E-state index >= 15 is 0 Å². The summed E-state index contributed by atoms with van der Waals surface area (Å²) in [7, 11) is 0. The van der Waals surface area contributed by atoms with E-state index in [9.17, 15) is 9.59 Å². The van der Waals surface area contributed by atoms with Gasteiger partial charge in [-0.3, -0.25) is 9.59 Å². The Morgan fingerprint density at radius 2 is 1.84 bits per heavy atom. The molecule has 1 unspecified atom stereocenters. The number of hydrogen-bond donors (Lipinski definition) is 1. The first-order valence-corrected chi connectivity index (χ1v) is 11.9. The second-order valence-corrected chi connectivity index (χ2v) is 9.38. The Morgan fingerprint density at radius 3 is 2.62 bits per heavy atom. The smallest absolute Gasteiger partial charge is 0.262 e. The van der Waals surface area contributed by atoms with Crippen molar-refractivity contribution in [1.29, 1.82) is 0 Å². The zero-order valence-corrected chi connectivity index (χ0v) is 18.9. The molecule has 1 aromatic carbocycles. The van der Waals surface area contributed by atoms with Crippen LogP contribution in [0.5, 0.6) is 0 Å². The van der Waals surface area contributed by atoms with Gasteiger partial charge < -0.3 is 9.88 Å². The summed E-state index contributed by atoms with van der Waals surface area (Å²) in [5.74, 6) is 0.755. The Bertz CT molecular complexity index is 1200. The monoisotopic (exact) mass is 433 g/mol. The van der Waals surface area contributed by atoms with Crippen molar-refractivity contribution in [2.24, 2.45) is 0 Å². The maximum atomic E-state index is 13.2. The minimum atomic E-state index is -0.119. The zero-order chi connectivity index (χ0) is 22.2. The average Bonchev–Trinajstić information content (AvgIpc) is 3.16. The third kappa shape index (κ3) is 3.74. The number of aromatic nitrogens is 4. The quantitative estimate of drug-likeness (QED) is 0.669. The third-order valence-electron chi connectivity index (χ3n) is 7.15. The Hall–Kier alpha value is -2.96. The van der Waals surface area contributed by atoms with Crippen LogP contribution in [0.1, 0.15) is 84.3 Å². The van der Waals surface area contributed by atoms with Crippen molar-refractivity contribution in [3.8, 4) is 0 Å². The molecule has 2 fully saturated rings. The molecule has 1 atom stereocenters. The van der Waals surface area contributed by atoms with E-state index in [-0.39, 0.29) is 17.4 Å². The Balaban J connectivity index is 1.47. The number of benzene rings is 1. The molecule has 5 rings (SSSR count). The van der Waals surface area contributed by atoms with Crippen molar-refractivity contribution in [1.82, 2.24) is 24.6 Å². The standard InChI is InChI=1S/C25H31N5O2/c1-16-9-6-7-13-20(16)25(32)29-14-8-10-18(15-29)22-26-23-21(24(31)27-22)17(2)28-30(23)19-11-4-3-5-12-19/h6-7,9,13,18-19H,3-5,8,10-12,14-15H2,1-2H3,(H,26,27,31). The predicted octanol–water partition coefficient (Wildman–Crippen LogP) is 4.26. The first-order valence-electron chi connectivity index (χ1n) is 11.9. The summed E-state index contributed by atoms with van der Waals surface area (Å²) in [4.78, 5) is 36.1. The van der Waals surface area contributed by atoms with Crippen LogP contribution in [0, 0.1) is 13.8 Å². The molecular weight excluding hydrogens is 402 g/mol. The number of aromatic amines is 1. The second-order valence-electron chi connectivity index (χ2n) is 9.38. The first-order chi connectivity index (χ1) is 15.5. The maximum absolute atomic E-state index is 13.2. The largest absolute Gasteiger partial charge is 0.338 e. The number of fused-ring (bicyclic) bond motifs is 1. The number of H-pyrrole nitrogens is 1. The molecule has 1 aliphatic carbocycles. The lowest BCUT2D eigenvalue weighted by molar-refractivity contribution is 0.0704. The van der Waals surface area contributed by atoms with Crippen LogP contribution in [0.25, 0.3) is 11.0 Å². The lowest BCUT2D eigenvalue weighted by Gasteiger charge is -2.32. The molecular formula is C25H31N5O2. The summed E-state index contributed by atoms with van der Waals surface area (Å²) < 4.78 is 2.00. The van der Waals surface area contributed by atoms with Crippen LogP contribution in [0.4, 0.5) is 0 Å². The van der Waals surface area contributed by atoms with Gasteiger partial charge in [-0.1, -0.05) is 37.5 Å². The molecule has 1 amide bonds. The van der Waals surface area contributed by atoms with Gasteiger partial charge in [0.15, 0.2) is 5.65 Å². The van der Waals surface area contributed by atoms with E-state index in [0.717, 1.165) is 49.0 Å². The number of carbonyl (C=O) groups excluding carboxylic acids is 1. The maximum Gasteiger partial charge on any atom is 0.262 e. The number of nitrogens with zero attached hydrogens (tertiary/aromatic N) is 4. The minimum absolute atomic E-state index is 0.0174. The highest BCUT2D eigenvalue weighted by Crippen LogP contribution is 2.31. The van der Waals surface area contributed by atoms with E-state index < -0.39 is 0 Å². The summed E-state index contributed by atoms with van der Waals surface area (Å²) in [6.07, 6.45) is 7.62. The van der Waals surface area contributed by atoms with Crippen molar-refractivity contribution in [3.05, 3.63) is 57.3 Å². The second kappa shape index (κ2) is 8.52. The average molecular weight is 434 g/mol. The van der Waals surface area contributed by atoms with Crippen molar-refractivity contribution in [3.63, 3.8) is 0 Å². The number of aryl methyl sites for hydroxylation is 2. The van der Waals surface area contributed by atoms with Crippen LogP contribution in [0.3, 0.4) is 0 Å². The first kappa shape index (κ1) is 20.9. The fourth-order valence-corrected chi connectivity index (χ4v) is 5.37. The zero-order valence-electron chi connectivity index (χ0n) is 18.9. The summed E-state index contributed by atoms with van der Waals surface area (Å²) in [6, 6.07) is 8.03.